The number of rotatable bonds is 8. The summed E-state index contributed by atoms with van der Waals surface area (Å²) in [6, 6.07) is 10.6. The first-order valence-corrected chi connectivity index (χ1v) is 13.4. The minimum absolute atomic E-state index is 0.0171. The van der Waals surface area contributed by atoms with Crippen LogP contribution in [0.2, 0.25) is 5.02 Å². The van der Waals surface area contributed by atoms with E-state index >= 15 is 0 Å². The second-order valence-corrected chi connectivity index (χ2v) is 10.7. The molecule has 194 valence electrons. The highest BCUT2D eigenvalue weighted by atomic mass is 35.5. The second-order valence-electron chi connectivity index (χ2n) is 8.17. The standard InChI is InChI=1S/C25H18ClF3N6OS2/c1-2-8-35-19-7-6-16(26)11-18(19)21-22(35)32-24(34-33-21)37-13-20(36)31-23-30-12-17(38-23)10-14-4-3-5-15(9-14)25(27,28)29/h2-7,9,11-12H,1,8,10,13H2,(H,30,31,36). The maximum absolute atomic E-state index is 13.0. The highest BCUT2D eigenvalue weighted by Crippen LogP contribution is 2.31. The Labute approximate surface area is 227 Å². The summed E-state index contributed by atoms with van der Waals surface area (Å²) in [5, 5.41) is 13.3. The number of thiazole rings is 1. The molecule has 38 heavy (non-hydrogen) atoms. The van der Waals surface area contributed by atoms with Gasteiger partial charge in [-0.25, -0.2) is 9.97 Å². The van der Waals surface area contributed by atoms with E-state index in [0.717, 1.165) is 39.7 Å². The predicted molar refractivity (Wildman–Crippen MR) is 144 cm³/mol. The Balaban J connectivity index is 1.24. The molecule has 3 aromatic heterocycles. The van der Waals surface area contributed by atoms with E-state index in [2.05, 4.69) is 32.1 Å². The zero-order chi connectivity index (χ0) is 26.9. The van der Waals surface area contributed by atoms with Crippen LogP contribution in [-0.2, 0) is 23.9 Å². The number of allylic oxidation sites excluding steroid dienone is 1. The number of anilines is 1. The fourth-order valence-electron chi connectivity index (χ4n) is 3.88. The van der Waals surface area contributed by atoms with Crippen LogP contribution in [0, 0.1) is 0 Å². The lowest BCUT2D eigenvalue weighted by atomic mass is 10.1. The normalized spacial score (nSPS) is 11.8. The Morgan fingerprint density at radius 1 is 1.21 bits per heavy atom. The van der Waals surface area contributed by atoms with Crippen molar-refractivity contribution >= 4 is 67.8 Å². The smallest absolute Gasteiger partial charge is 0.320 e. The van der Waals surface area contributed by atoms with Crippen LogP contribution in [0.1, 0.15) is 16.0 Å². The monoisotopic (exact) mass is 574 g/mol. The highest BCUT2D eigenvalue weighted by Gasteiger charge is 2.30. The van der Waals surface area contributed by atoms with Crippen molar-refractivity contribution in [1.82, 2.24) is 24.7 Å². The number of halogens is 4. The van der Waals surface area contributed by atoms with Gasteiger partial charge in [0.2, 0.25) is 11.1 Å². The van der Waals surface area contributed by atoms with Gasteiger partial charge in [-0.3, -0.25) is 4.79 Å². The Kier molecular flexibility index (Phi) is 7.37. The van der Waals surface area contributed by atoms with Gasteiger partial charge < -0.3 is 9.88 Å². The molecule has 0 aliphatic heterocycles. The van der Waals surface area contributed by atoms with E-state index < -0.39 is 11.7 Å². The number of fused-ring (bicyclic) bond motifs is 3. The van der Waals surface area contributed by atoms with Gasteiger partial charge >= 0.3 is 6.18 Å². The van der Waals surface area contributed by atoms with Crippen LogP contribution in [0.15, 0.2) is 66.5 Å². The third-order valence-electron chi connectivity index (χ3n) is 5.49. The summed E-state index contributed by atoms with van der Waals surface area (Å²) in [5.41, 5.74) is 1.92. The maximum Gasteiger partial charge on any atom is 0.416 e. The third kappa shape index (κ3) is 5.66. The summed E-state index contributed by atoms with van der Waals surface area (Å²) in [4.78, 5) is 22.0. The van der Waals surface area contributed by atoms with E-state index in [9.17, 15) is 18.0 Å². The van der Waals surface area contributed by atoms with Crippen LogP contribution in [-0.4, -0.2) is 36.4 Å². The molecule has 5 rings (SSSR count). The molecule has 0 radical (unpaired) electrons. The number of nitrogens with one attached hydrogen (secondary N) is 1. The van der Waals surface area contributed by atoms with Gasteiger partial charge in [0.05, 0.1) is 16.8 Å². The van der Waals surface area contributed by atoms with Crippen LogP contribution >= 0.6 is 34.7 Å². The number of carbonyl (C=O) groups excluding carboxylic acids is 1. The van der Waals surface area contributed by atoms with Gasteiger partial charge in [0.15, 0.2) is 10.8 Å². The van der Waals surface area contributed by atoms with E-state index in [0.29, 0.717) is 38.6 Å². The first-order valence-electron chi connectivity index (χ1n) is 11.2. The number of benzene rings is 2. The number of carbonyl (C=O) groups is 1. The molecule has 0 unspecified atom stereocenters. The van der Waals surface area contributed by atoms with Crippen molar-refractivity contribution in [3.8, 4) is 0 Å². The first kappa shape index (κ1) is 26.1. The molecule has 1 N–H and O–H groups in total. The van der Waals surface area contributed by atoms with E-state index in [-0.39, 0.29) is 18.1 Å². The van der Waals surface area contributed by atoms with Crippen molar-refractivity contribution in [2.24, 2.45) is 0 Å². The Morgan fingerprint density at radius 3 is 2.84 bits per heavy atom. The van der Waals surface area contributed by atoms with E-state index in [4.69, 9.17) is 11.6 Å². The molecule has 0 fully saturated rings. The molecule has 0 spiro atoms. The molecule has 0 aliphatic carbocycles. The van der Waals surface area contributed by atoms with Crippen LogP contribution < -0.4 is 5.32 Å². The molecule has 5 aromatic rings. The minimum atomic E-state index is -4.40. The molecule has 0 saturated heterocycles. The molecular formula is C25H18ClF3N6OS2. The fourth-order valence-corrected chi connectivity index (χ4v) is 5.50. The topological polar surface area (TPSA) is 85.6 Å². The SMILES string of the molecule is C=CCn1c2ccc(Cl)cc2c2nnc(SCC(=O)Nc3ncc(Cc4cccc(C(F)(F)F)c4)s3)nc21. The van der Waals surface area contributed by atoms with Crippen LogP contribution in [0.4, 0.5) is 18.3 Å². The second kappa shape index (κ2) is 10.7. The van der Waals surface area contributed by atoms with Crippen molar-refractivity contribution in [2.75, 3.05) is 11.1 Å². The van der Waals surface area contributed by atoms with Gasteiger partial charge in [-0.15, -0.1) is 28.1 Å². The first-order chi connectivity index (χ1) is 18.2. The summed E-state index contributed by atoms with van der Waals surface area (Å²) in [6.07, 6.45) is -0.833. The fraction of sp³-hybridized carbons (Fsp3) is 0.160. The molecule has 0 bridgehead atoms. The molecule has 0 atom stereocenters. The number of hydrogen-bond donors (Lipinski definition) is 1. The van der Waals surface area contributed by atoms with E-state index in [1.54, 1.807) is 24.4 Å². The largest absolute Gasteiger partial charge is 0.416 e. The Hall–Kier alpha value is -3.48. The Morgan fingerprint density at radius 2 is 2.05 bits per heavy atom. The average Bonchev–Trinajstić information content (AvgIpc) is 3.44. The van der Waals surface area contributed by atoms with Gasteiger partial charge in [0.1, 0.15) is 5.52 Å². The highest BCUT2D eigenvalue weighted by molar-refractivity contribution is 7.99. The number of nitrogens with zero attached hydrogens (tertiary/aromatic N) is 5. The van der Waals surface area contributed by atoms with Crippen molar-refractivity contribution in [2.45, 2.75) is 24.3 Å². The zero-order valence-electron chi connectivity index (χ0n) is 19.5. The molecular weight excluding hydrogens is 557 g/mol. The molecule has 1 amide bonds. The maximum atomic E-state index is 13.0. The van der Waals surface area contributed by atoms with Crippen molar-refractivity contribution in [3.05, 3.63) is 82.3 Å². The summed E-state index contributed by atoms with van der Waals surface area (Å²) in [7, 11) is 0. The summed E-state index contributed by atoms with van der Waals surface area (Å²) in [5.74, 6) is -0.305. The number of thioether (sulfide) groups is 1. The van der Waals surface area contributed by atoms with Crippen LogP contribution in [0.25, 0.3) is 22.1 Å². The molecule has 13 heteroatoms. The lowest BCUT2D eigenvalue weighted by Gasteiger charge is -2.07. The van der Waals surface area contributed by atoms with Gasteiger partial charge in [-0.1, -0.05) is 47.6 Å². The van der Waals surface area contributed by atoms with Crippen LogP contribution in [0.3, 0.4) is 0 Å². The lowest BCUT2D eigenvalue weighted by molar-refractivity contribution is -0.137. The van der Waals surface area contributed by atoms with Crippen molar-refractivity contribution < 1.29 is 18.0 Å². The average molecular weight is 575 g/mol. The van der Waals surface area contributed by atoms with Gasteiger partial charge in [0, 0.05) is 34.4 Å². The summed E-state index contributed by atoms with van der Waals surface area (Å²) >= 11 is 8.49. The number of amides is 1. The Bertz CT molecular complexity index is 1670. The predicted octanol–water partition coefficient (Wildman–Crippen LogP) is 6.62. The number of alkyl halides is 3. The lowest BCUT2D eigenvalue weighted by Crippen LogP contribution is -2.14. The quantitative estimate of drug-likeness (QED) is 0.166. The van der Waals surface area contributed by atoms with Gasteiger partial charge in [-0.05, 0) is 29.8 Å². The number of hydrogen-bond acceptors (Lipinski definition) is 7. The van der Waals surface area contributed by atoms with Crippen molar-refractivity contribution in [3.63, 3.8) is 0 Å². The van der Waals surface area contributed by atoms with Crippen LogP contribution in [0.5, 0.6) is 0 Å². The third-order valence-corrected chi connectivity index (χ3v) is 7.47. The van der Waals surface area contributed by atoms with E-state index in [1.807, 2.05) is 16.7 Å². The summed E-state index contributed by atoms with van der Waals surface area (Å²) in [6.45, 7) is 4.32. The van der Waals surface area contributed by atoms with Gasteiger partial charge in [-0.2, -0.15) is 13.2 Å². The van der Waals surface area contributed by atoms with Crippen molar-refractivity contribution in [1.29, 1.82) is 0 Å². The molecule has 2 aromatic carbocycles. The van der Waals surface area contributed by atoms with E-state index in [1.165, 1.54) is 17.4 Å². The molecule has 3 heterocycles. The zero-order valence-corrected chi connectivity index (χ0v) is 21.9. The summed E-state index contributed by atoms with van der Waals surface area (Å²) < 4.78 is 40.8. The minimum Gasteiger partial charge on any atom is -0.320 e. The van der Waals surface area contributed by atoms with Gasteiger partial charge in [0.25, 0.3) is 0 Å². The molecule has 0 saturated carbocycles. The molecule has 0 aliphatic rings. The number of aromatic nitrogens is 5. The molecule has 7 nitrogen and oxygen atoms in total.